The SMILES string of the molecule is CCCCCCCCOC1(OC(=O)CCCC)C=CC(c2ccccc2)=CC1(F)F. The molecule has 5 heteroatoms. The molecule has 1 aliphatic carbocycles. The van der Waals surface area contributed by atoms with Gasteiger partial charge in [0.2, 0.25) is 0 Å². The Morgan fingerprint density at radius 2 is 1.60 bits per heavy atom. The van der Waals surface area contributed by atoms with Crippen LogP contribution in [-0.4, -0.2) is 24.3 Å². The normalized spacial score (nSPS) is 20.1. The predicted octanol–water partition coefficient (Wildman–Crippen LogP) is 7.08. The van der Waals surface area contributed by atoms with Crippen molar-refractivity contribution in [2.24, 2.45) is 0 Å². The zero-order chi connectivity index (χ0) is 21.9. The second-order valence-corrected chi connectivity index (χ2v) is 7.78. The molecule has 1 unspecified atom stereocenters. The zero-order valence-corrected chi connectivity index (χ0v) is 18.2. The van der Waals surface area contributed by atoms with Crippen LogP contribution in [0.3, 0.4) is 0 Å². The molecular formula is C25H34F2O3. The van der Waals surface area contributed by atoms with E-state index in [0.29, 0.717) is 24.0 Å². The van der Waals surface area contributed by atoms with Crippen LogP contribution in [0.4, 0.5) is 8.78 Å². The maximum absolute atomic E-state index is 15.3. The number of unbranched alkanes of at least 4 members (excludes halogenated alkanes) is 6. The second kappa shape index (κ2) is 12.0. The first-order chi connectivity index (χ1) is 14.4. The van der Waals surface area contributed by atoms with Crippen LogP contribution in [0.15, 0.2) is 48.6 Å². The highest BCUT2D eigenvalue weighted by molar-refractivity contribution is 5.77. The average Bonchev–Trinajstić information content (AvgIpc) is 2.74. The van der Waals surface area contributed by atoms with Gasteiger partial charge in [-0.15, -0.1) is 0 Å². The highest BCUT2D eigenvalue weighted by atomic mass is 19.3. The summed E-state index contributed by atoms with van der Waals surface area (Å²) in [6.07, 6.45) is 11.1. The van der Waals surface area contributed by atoms with Crippen molar-refractivity contribution in [1.82, 2.24) is 0 Å². The minimum Gasteiger partial charge on any atom is -0.422 e. The molecule has 0 heterocycles. The maximum Gasteiger partial charge on any atom is 0.335 e. The standard InChI is InChI=1S/C25H34F2O3/c1-3-5-7-8-9-13-19-29-25(30-23(28)16-6-4-2)18-17-22(20-24(25,26)27)21-14-11-10-12-15-21/h10-12,14-15,17-18,20H,3-9,13,16,19H2,1-2H3. The van der Waals surface area contributed by atoms with Gasteiger partial charge in [-0.3, -0.25) is 4.79 Å². The number of allylic oxidation sites excluding steroid dienone is 2. The topological polar surface area (TPSA) is 35.5 Å². The van der Waals surface area contributed by atoms with E-state index in [0.717, 1.165) is 38.2 Å². The van der Waals surface area contributed by atoms with Crippen molar-refractivity contribution in [3.8, 4) is 0 Å². The van der Waals surface area contributed by atoms with E-state index >= 15 is 8.78 Å². The molecule has 166 valence electrons. The number of hydrogen-bond donors (Lipinski definition) is 0. The largest absolute Gasteiger partial charge is 0.422 e. The van der Waals surface area contributed by atoms with Crippen molar-refractivity contribution >= 4 is 11.5 Å². The molecule has 0 radical (unpaired) electrons. The molecule has 3 nitrogen and oxygen atoms in total. The van der Waals surface area contributed by atoms with Gasteiger partial charge in [-0.05, 0) is 36.1 Å². The first kappa shape index (κ1) is 24.3. The minimum absolute atomic E-state index is 0.0950. The lowest BCUT2D eigenvalue weighted by Crippen LogP contribution is -2.52. The second-order valence-electron chi connectivity index (χ2n) is 7.78. The first-order valence-electron chi connectivity index (χ1n) is 11.1. The number of rotatable bonds is 13. The summed E-state index contributed by atoms with van der Waals surface area (Å²) in [5, 5.41) is 0. The summed E-state index contributed by atoms with van der Waals surface area (Å²) in [7, 11) is 0. The van der Waals surface area contributed by atoms with Gasteiger partial charge in [-0.25, -0.2) is 0 Å². The molecule has 0 spiro atoms. The summed E-state index contributed by atoms with van der Waals surface area (Å²) in [6, 6.07) is 8.96. The Kier molecular flexibility index (Phi) is 9.70. The van der Waals surface area contributed by atoms with Crippen LogP contribution in [0.25, 0.3) is 5.57 Å². The fraction of sp³-hybridized carbons (Fsp3) is 0.560. The van der Waals surface area contributed by atoms with Gasteiger partial charge in [0.15, 0.2) is 0 Å². The lowest BCUT2D eigenvalue weighted by Gasteiger charge is -2.38. The zero-order valence-electron chi connectivity index (χ0n) is 18.2. The molecule has 1 aromatic rings. The molecule has 1 aliphatic rings. The van der Waals surface area contributed by atoms with E-state index in [2.05, 4.69) is 6.92 Å². The van der Waals surface area contributed by atoms with E-state index in [1.807, 2.05) is 13.0 Å². The van der Waals surface area contributed by atoms with Crippen LogP contribution in [0.5, 0.6) is 0 Å². The Morgan fingerprint density at radius 1 is 0.933 bits per heavy atom. The number of hydrogen-bond acceptors (Lipinski definition) is 3. The summed E-state index contributed by atoms with van der Waals surface area (Å²) < 4.78 is 41.5. The van der Waals surface area contributed by atoms with E-state index in [1.54, 1.807) is 30.3 Å². The third-order valence-corrected chi connectivity index (χ3v) is 5.21. The van der Waals surface area contributed by atoms with Gasteiger partial charge in [0.1, 0.15) is 0 Å². The molecule has 0 amide bonds. The lowest BCUT2D eigenvalue weighted by molar-refractivity contribution is -0.282. The van der Waals surface area contributed by atoms with Crippen molar-refractivity contribution in [2.45, 2.75) is 83.3 Å². The van der Waals surface area contributed by atoms with Crippen LogP contribution >= 0.6 is 0 Å². The number of ether oxygens (including phenoxy) is 2. The first-order valence-corrected chi connectivity index (χ1v) is 11.1. The number of carbonyl (C=O) groups is 1. The molecule has 0 saturated carbocycles. The van der Waals surface area contributed by atoms with E-state index in [-0.39, 0.29) is 13.0 Å². The van der Waals surface area contributed by atoms with E-state index < -0.39 is 17.7 Å². The van der Waals surface area contributed by atoms with Crippen LogP contribution in [-0.2, 0) is 14.3 Å². The smallest absolute Gasteiger partial charge is 0.335 e. The monoisotopic (exact) mass is 420 g/mol. The van der Waals surface area contributed by atoms with Gasteiger partial charge in [-0.1, -0.05) is 88.8 Å². The lowest BCUT2D eigenvalue weighted by atomic mass is 9.93. The number of alkyl halides is 2. The van der Waals surface area contributed by atoms with Crippen molar-refractivity contribution < 1.29 is 23.0 Å². The van der Waals surface area contributed by atoms with Gasteiger partial charge >= 0.3 is 17.7 Å². The molecule has 0 fully saturated rings. The van der Waals surface area contributed by atoms with Crippen molar-refractivity contribution in [3.63, 3.8) is 0 Å². The van der Waals surface area contributed by atoms with Gasteiger partial charge in [-0.2, -0.15) is 8.78 Å². The number of benzene rings is 1. The number of carbonyl (C=O) groups excluding carboxylic acids is 1. The summed E-state index contributed by atoms with van der Waals surface area (Å²) in [4.78, 5) is 12.2. The summed E-state index contributed by atoms with van der Waals surface area (Å²) in [6.45, 7) is 4.19. The molecule has 0 saturated heterocycles. The van der Waals surface area contributed by atoms with Crippen molar-refractivity contribution in [2.75, 3.05) is 6.61 Å². The third kappa shape index (κ3) is 6.76. The average molecular weight is 421 g/mol. The van der Waals surface area contributed by atoms with E-state index in [1.165, 1.54) is 12.5 Å². The number of halogens is 2. The van der Waals surface area contributed by atoms with E-state index in [4.69, 9.17) is 9.47 Å². The molecule has 30 heavy (non-hydrogen) atoms. The summed E-state index contributed by atoms with van der Waals surface area (Å²) in [5.74, 6) is -6.53. The predicted molar refractivity (Wildman–Crippen MR) is 116 cm³/mol. The van der Waals surface area contributed by atoms with E-state index in [9.17, 15) is 4.79 Å². The molecule has 1 aromatic carbocycles. The van der Waals surface area contributed by atoms with Crippen molar-refractivity contribution in [1.29, 1.82) is 0 Å². The van der Waals surface area contributed by atoms with Gasteiger partial charge < -0.3 is 9.47 Å². The third-order valence-electron chi connectivity index (χ3n) is 5.21. The fourth-order valence-electron chi connectivity index (χ4n) is 3.39. The minimum atomic E-state index is -3.48. The molecule has 0 aliphatic heterocycles. The Balaban J connectivity index is 2.12. The Labute approximate surface area is 179 Å². The Bertz CT molecular complexity index is 712. The van der Waals surface area contributed by atoms with Crippen LogP contribution in [0.1, 0.15) is 77.2 Å². The molecule has 1 atom stereocenters. The molecule has 0 bridgehead atoms. The molecule has 0 N–H and O–H groups in total. The quantitative estimate of drug-likeness (QED) is 0.194. The fourth-order valence-corrected chi connectivity index (χ4v) is 3.39. The highest BCUT2D eigenvalue weighted by Crippen LogP contribution is 2.42. The van der Waals surface area contributed by atoms with Crippen LogP contribution in [0, 0.1) is 0 Å². The van der Waals surface area contributed by atoms with Crippen molar-refractivity contribution in [3.05, 3.63) is 54.1 Å². The van der Waals surface area contributed by atoms with Gasteiger partial charge in [0.05, 0.1) is 6.61 Å². The molecule has 0 aromatic heterocycles. The Morgan fingerprint density at radius 3 is 2.27 bits per heavy atom. The molecule has 2 rings (SSSR count). The van der Waals surface area contributed by atoms with Crippen LogP contribution < -0.4 is 0 Å². The van der Waals surface area contributed by atoms with Crippen LogP contribution in [0.2, 0.25) is 0 Å². The maximum atomic E-state index is 15.3. The molecular weight excluding hydrogens is 386 g/mol. The summed E-state index contributed by atoms with van der Waals surface area (Å²) in [5.41, 5.74) is 1.05. The Hall–Kier alpha value is -2.01. The van der Waals surface area contributed by atoms with Gasteiger partial charge in [0, 0.05) is 6.42 Å². The number of esters is 1. The van der Waals surface area contributed by atoms with Gasteiger partial charge in [0.25, 0.3) is 0 Å². The summed E-state index contributed by atoms with van der Waals surface area (Å²) >= 11 is 0. The highest BCUT2D eigenvalue weighted by Gasteiger charge is 2.57.